The highest BCUT2D eigenvalue weighted by Crippen LogP contribution is 2.15. The number of halogens is 2. The zero-order valence-electron chi connectivity index (χ0n) is 8.20. The molecule has 0 fully saturated rings. The molecule has 0 bridgehead atoms. The Morgan fingerprint density at radius 2 is 2.00 bits per heavy atom. The Labute approximate surface area is 94.3 Å². The quantitative estimate of drug-likeness (QED) is 0.747. The van der Waals surface area contributed by atoms with Crippen LogP contribution in [0.5, 0.6) is 0 Å². The third kappa shape index (κ3) is 1.90. The summed E-state index contributed by atoms with van der Waals surface area (Å²) in [7, 11) is 0. The van der Waals surface area contributed by atoms with Crippen LogP contribution in [0.15, 0.2) is 16.7 Å². The molecule has 0 aliphatic rings. The van der Waals surface area contributed by atoms with Crippen molar-refractivity contribution in [1.29, 1.82) is 0 Å². The highest BCUT2D eigenvalue weighted by Gasteiger charge is 2.11. The van der Waals surface area contributed by atoms with Crippen molar-refractivity contribution in [3.63, 3.8) is 0 Å². The monoisotopic (exact) mass is 270 g/mol. The summed E-state index contributed by atoms with van der Waals surface area (Å²) in [6.45, 7) is 3.50. The molecule has 0 atom stereocenters. The molecule has 15 heavy (non-hydrogen) atoms. The maximum atomic E-state index is 13.5. The minimum absolute atomic E-state index is 0.155. The largest absolute Gasteiger partial charge is 0.219 e. The first-order valence-corrected chi connectivity index (χ1v) is 5.10. The van der Waals surface area contributed by atoms with E-state index in [2.05, 4.69) is 31.0 Å². The first-order valence-electron chi connectivity index (χ1n) is 4.30. The molecule has 0 aromatic carbocycles. The fraction of sp³-hybridized carbons (Fsp3) is 0.222. The van der Waals surface area contributed by atoms with E-state index >= 15 is 0 Å². The van der Waals surface area contributed by atoms with Gasteiger partial charge in [0, 0.05) is 0 Å². The fourth-order valence-electron chi connectivity index (χ4n) is 1.28. The summed E-state index contributed by atoms with van der Waals surface area (Å²) in [5, 5.41) is 4.06. The van der Waals surface area contributed by atoms with E-state index in [4.69, 9.17) is 0 Å². The van der Waals surface area contributed by atoms with Crippen molar-refractivity contribution in [3.8, 4) is 5.82 Å². The van der Waals surface area contributed by atoms with Crippen molar-refractivity contribution in [2.45, 2.75) is 13.8 Å². The number of aromatic nitrogens is 4. The van der Waals surface area contributed by atoms with E-state index in [9.17, 15) is 4.39 Å². The summed E-state index contributed by atoms with van der Waals surface area (Å²) in [6.07, 6.45) is 0. The number of nitrogens with zero attached hydrogens (tertiary/aromatic N) is 4. The highest BCUT2D eigenvalue weighted by atomic mass is 79.9. The molecular weight excluding hydrogens is 263 g/mol. The maximum absolute atomic E-state index is 13.5. The zero-order valence-corrected chi connectivity index (χ0v) is 9.79. The molecule has 0 aliphatic carbocycles. The normalized spacial score (nSPS) is 10.7. The van der Waals surface area contributed by atoms with Crippen molar-refractivity contribution >= 4 is 15.9 Å². The average molecular weight is 271 g/mol. The van der Waals surface area contributed by atoms with Gasteiger partial charge in [-0.3, -0.25) is 0 Å². The van der Waals surface area contributed by atoms with Crippen LogP contribution < -0.4 is 0 Å². The number of pyridine rings is 1. The molecule has 2 rings (SSSR count). The minimum Gasteiger partial charge on any atom is -0.219 e. The van der Waals surface area contributed by atoms with Crippen LogP contribution in [0.4, 0.5) is 4.39 Å². The Balaban J connectivity index is 2.62. The Morgan fingerprint density at radius 3 is 2.60 bits per heavy atom. The third-order valence-corrected chi connectivity index (χ3v) is 2.31. The SMILES string of the molecule is Cc1nc(C)n(-c2nc(Br)ccc2F)n1. The van der Waals surface area contributed by atoms with Crippen molar-refractivity contribution in [3.05, 3.63) is 34.2 Å². The maximum Gasteiger partial charge on any atom is 0.192 e. The molecule has 6 heteroatoms. The van der Waals surface area contributed by atoms with Crippen LogP contribution in [0.3, 0.4) is 0 Å². The topological polar surface area (TPSA) is 43.6 Å². The Kier molecular flexibility index (Phi) is 2.52. The molecule has 2 aromatic rings. The van der Waals surface area contributed by atoms with E-state index in [1.165, 1.54) is 16.8 Å². The van der Waals surface area contributed by atoms with Gasteiger partial charge in [0.1, 0.15) is 16.3 Å². The lowest BCUT2D eigenvalue weighted by Gasteiger charge is -2.03. The second kappa shape index (κ2) is 3.69. The van der Waals surface area contributed by atoms with Gasteiger partial charge in [-0.15, -0.1) is 5.10 Å². The number of hydrogen-bond donors (Lipinski definition) is 0. The van der Waals surface area contributed by atoms with Crippen LogP contribution >= 0.6 is 15.9 Å². The summed E-state index contributed by atoms with van der Waals surface area (Å²) in [4.78, 5) is 8.11. The Hall–Kier alpha value is -1.30. The molecule has 0 unspecified atom stereocenters. The van der Waals surface area contributed by atoms with Crippen molar-refractivity contribution in [2.75, 3.05) is 0 Å². The molecule has 0 spiro atoms. The van der Waals surface area contributed by atoms with Gasteiger partial charge < -0.3 is 0 Å². The molecule has 0 amide bonds. The summed E-state index contributed by atoms with van der Waals surface area (Å²) < 4.78 is 15.4. The van der Waals surface area contributed by atoms with Gasteiger partial charge in [-0.05, 0) is 41.9 Å². The molecule has 0 saturated carbocycles. The average Bonchev–Trinajstić information content (AvgIpc) is 2.50. The summed E-state index contributed by atoms with van der Waals surface area (Å²) in [6, 6.07) is 2.88. The van der Waals surface area contributed by atoms with Gasteiger partial charge in [-0.25, -0.2) is 14.4 Å². The molecule has 0 saturated heterocycles. The Bertz CT molecular complexity index is 509. The van der Waals surface area contributed by atoms with Gasteiger partial charge >= 0.3 is 0 Å². The van der Waals surface area contributed by atoms with Gasteiger partial charge in [0.25, 0.3) is 0 Å². The lowest BCUT2D eigenvalue weighted by atomic mass is 10.4. The first-order chi connectivity index (χ1) is 7.08. The standard InChI is InChI=1S/C9H8BrFN4/c1-5-12-6(2)15(14-5)9-7(11)3-4-8(10)13-9/h3-4H,1-2H3. The number of hydrogen-bond acceptors (Lipinski definition) is 3. The van der Waals surface area contributed by atoms with Gasteiger partial charge in [0.05, 0.1) is 0 Å². The molecule has 2 aromatic heterocycles. The predicted octanol–water partition coefficient (Wildman–Crippen LogP) is 2.18. The van der Waals surface area contributed by atoms with Crippen LogP contribution in [0.1, 0.15) is 11.6 Å². The van der Waals surface area contributed by atoms with Gasteiger partial charge in [0.15, 0.2) is 11.6 Å². The van der Waals surface area contributed by atoms with Crippen molar-refractivity contribution in [1.82, 2.24) is 19.7 Å². The number of rotatable bonds is 1. The van der Waals surface area contributed by atoms with Crippen LogP contribution in [0, 0.1) is 19.7 Å². The Morgan fingerprint density at radius 1 is 1.27 bits per heavy atom. The van der Waals surface area contributed by atoms with E-state index in [1.807, 2.05) is 0 Å². The van der Waals surface area contributed by atoms with Crippen molar-refractivity contribution in [2.24, 2.45) is 0 Å². The van der Waals surface area contributed by atoms with E-state index in [1.54, 1.807) is 13.8 Å². The second-order valence-electron chi connectivity index (χ2n) is 3.06. The molecule has 4 nitrogen and oxygen atoms in total. The summed E-state index contributed by atoms with van der Waals surface area (Å²) in [5.74, 6) is 0.930. The molecule has 2 heterocycles. The van der Waals surface area contributed by atoms with E-state index < -0.39 is 5.82 Å². The molecule has 0 aliphatic heterocycles. The van der Waals surface area contributed by atoms with Gasteiger partial charge in [0.2, 0.25) is 0 Å². The summed E-state index contributed by atoms with van der Waals surface area (Å²) in [5.41, 5.74) is 0. The van der Waals surface area contributed by atoms with Crippen LogP contribution in [-0.2, 0) is 0 Å². The lowest BCUT2D eigenvalue weighted by Crippen LogP contribution is -2.05. The molecule has 78 valence electrons. The van der Waals surface area contributed by atoms with Crippen molar-refractivity contribution < 1.29 is 4.39 Å². The first kappa shape index (κ1) is 10.2. The second-order valence-corrected chi connectivity index (χ2v) is 3.87. The van der Waals surface area contributed by atoms with Crippen LogP contribution in [0.25, 0.3) is 5.82 Å². The molecular formula is C9H8BrFN4. The van der Waals surface area contributed by atoms with E-state index in [-0.39, 0.29) is 5.82 Å². The predicted molar refractivity (Wildman–Crippen MR) is 56.3 cm³/mol. The smallest absolute Gasteiger partial charge is 0.192 e. The van der Waals surface area contributed by atoms with Gasteiger partial charge in [-0.1, -0.05) is 0 Å². The van der Waals surface area contributed by atoms with Crippen LogP contribution in [-0.4, -0.2) is 19.7 Å². The molecule has 0 N–H and O–H groups in total. The third-order valence-electron chi connectivity index (χ3n) is 1.87. The lowest BCUT2D eigenvalue weighted by molar-refractivity contribution is 0.595. The van der Waals surface area contributed by atoms with E-state index in [0.29, 0.717) is 16.3 Å². The highest BCUT2D eigenvalue weighted by molar-refractivity contribution is 9.10. The van der Waals surface area contributed by atoms with E-state index in [0.717, 1.165) is 0 Å². The fourth-order valence-corrected chi connectivity index (χ4v) is 1.58. The molecule has 0 radical (unpaired) electrons. The summed E-state index contributed by atoms with van der Waals surface area (Å²) >= 11 is 3.19. The van der Waals surface area contributed by atoms with Crippen LogP contribution in [0.2, 0.25) is 0 Å². The van der Waals surface area contributed by atoms with Gasteiger partial charge in [-0.2, -0.15) is 4.68 Å². The number of aryl methyl sites for hydroxylation is 2. The minimum atomic E-state index is -0.425. The zero-order chi connectivity index (χ0) is 11.0.